The summed E-state index contributed by atoms with van der Waals surface area (Å²) in [4.78, 5) is 13.7. The number of halogens is 1. The van der Waals surface area contributed by atoms with Crippen molar-refractivity contribution in [2.45, 2.75) is 43.3 Å². The molecule has 2 unspecified atom stereocenters. The number of hydrogen-bond acceptors (Lipinski definition) is 2. The molecule has 4 heteroatoms. The number of carbonyl (C=O) groups excluding carboxylic acids is 1. The largest absolute Gasteiger partial charge is 0.329 e. The fraction of sp³-hybridized carbons (Fsp3) is 0.533. The second kappa shape index (κ2) is 4.50. The molecule has 0 spiro atoms. The van der Waals surface area contributed by atoms with Crippen molar-refractivity contribution in [2.24, 2.45) is 0 Å². The monoisotopic (exact) mass is 278 g/mol. The number of piperazine rings is 1. The first-order chi connectivity index (χ1) is 9.10. The number of carbonyl (C=O) groups is 1. The van der Waals surface area contributed by atoms with E-state index in [-0.39, 0.29) is 11.4 Å². The molecule has 0 aliphatic carbocycles. The maximum Gasteiger partial charge on any atom is 0.259 e. The van der Waals surface area contributed by atoms with Gasteiger partial charge in [-0.1, -0.05) is 48.9 Å². The molecule has 1 amide bonds. The van der Waals surface area contributed by atoms with E-state index in [0.717, 1.165) is 31.4 Å². The molecule has 3 aliphatic rings. The Morgan fingerprint density at radius 3 is 2.63 bits per heavy atom. The van der Waals surface area contributed by atoms with Crippen LogP contribution in [-0.2, 0) is 11.3 Å². The second-order valence-corrected chi connectivity index (χ2v) is 6.25. The van der Waals surface area contributed by atoms with Gasteiger partial charge in [0.05, 0.1) is 5.54 Å². The lowest BCUT2D eigenvalue weighted by atomic mass is 9.77. The van der Waals surface area contributed by atoms with E-state index in [4.69, 9.17) is 11.6 Å². The highest BCUT2D eigenvalue weighted by molar-refractivity contribution is 6.35. The van der Waals surface area contributed by atoms with Gasteiger partial charge >= 0.3 is 0 Å². The summed E-state index contributed by atoms with van der Waals surface area (Å²) >= 11 is 6.43. The van der Waals surface area contributed by atoms with Gasteiger partial charge in [-0.25, -0.2) is 0 Å². The predicted octanol–water partition coefficient (Wildman–Crippen LogP) is 2.50. The van der Waals surface area contributed by atoms with E-state index in [1.165, 1.54) is 0 Å². The third kappa shape index (κ3) is 1.96. The van der Waals surface area contributed by atoms with Crippen LogP contribution in [0.15, 0.2) is 30.3 Å². The van der Waals surface area contributed by atoms with Gasteiger partial charge in [0.2, 0.25) is 0 Å². The van der Waals surface area contributed by atoms with Gasteiger partial charge in [-0.3, -0.25) is 10.1 Å². The zero-order valence-electron chi connectivity index (χ0n) is 11.2. The molecular weight excluding hydrogens is 260 g/mol. The second-order valence-electron chi connectivity index (χ2n) is 5.61. The smallest absolute Gasteiger partial charge is 0.259 e. The number of rotatable bonds is 3. The number of nitrogens with zero attached hydrogens (tertiary/aromatic N) is 1. The Bertz CT molecular complexity index is 480. The highest BCUT2D eigenvalue weighted by Gasteiger charge is 2.57. The lowest BCUT2D eigenvalue weighted by Gasteiger charge is -2.57. The Morgan fingerprint density at radius 1 is 1.32 bits per heavy atom. The van der Waals surface area contributed by atoms with Gasteiger partial charge in [0.15, 0.2) is 5.00 Å². The molecule has 3 saturated heterocycles. The summed E-state index contributed by atoms with van der Waals surface area (Å²) in [6.07, 6.45) is 2.68. The van der Waals surface area contributed by atoms with Crippen LogP contribution in [0.25, 0.3) is 0 Å². The van der Waals surface area contributed by atoms with E-state index < -0.39 is 5.00 Å². The number of nitrogens with one attached hydrogen (secondary N) is 1. The SMILES string of the molecule is CCC12CCC(Cl)(NC1)C(=O)N2Cc1ccccc1. The van der Waals surface area contributed by atoms with Gasteiger partial charge in [-0.15, -0.1) is 0 Å². The van der Waals surface area contributed by atoms with E-state index in [9.17, 15) is 4.79 Å². The Balaban J connectivity index is 1.92. The van der Waals surface area contributed by atoms with Crippen molar-refractivity contribution < 1.29 is 4.79 Å². The van der Waals surface area contributed by atoms with Gasteiger partial charge in [0.25, 0.3) is 5.91 Å². The van der Waals surface area contributed by atoms with Crippen LogP contribution in [0.5, 0.6) is 0 Å². The zero-order valence-corrected chi connectivity index (χ0v) is 11.9. The van der Waals surface area contributed by atoms with Crippen LogP contribution in [0, 0.1) is 0 Å². The highest BCUT2D eigenvalue weighted by atomic mass is 35.5. The maximum absolute atomic E-state index is 12.6. The normalized spacial score (nSPS) is 33.8. The van der Waals surface area contributed by atoms with Crippen LogP contribution < -0.4 is 5.32 Å². The number of fused-ring (bicyclic) bond motifs is 3. The molecule has 0 aromatic heterocycles. The van der Waals surface area contributed by atoms with Gasteiger partial charge in [-0.05, 0) is 24.8 Å². The number of hydrogen-bond donors (Lipinski definition) is 1. The minimum absolute atomic E-state index is 0.0392. The molecule has 1 aromatic rings. The minimum atomic E-state index is -0.869. The first-order valence-electron chi connectivity index (χ1n) is 6.90. The summed E-state index contributed by atoms with van der Waals surface area (Å²) in [6.45, 7) is 3.61. The van der Waals surface area contributed by atoms with Crippen molar-refractivity contribution >= 4 is 17.5 Å². The molecule has 102 valence electrons. The molecular formula is C15H19ClN2O. The first-order valence-corrected chi connectivity index (χ1v) is 7.27. The third-order valence-corrected chi connectivity index (χ3v) is 5.12. The molecule has 0 radical (unpaired) electrons. The van der Waals surface area contributed by atoms with Crippen LogP contribution in [0.1, 0.15) is 31.7 Å². The summed E-state index contributed by atoms with van der Waals surface area (Å²) in [5.74, 6) is 0.0392. The Hall–Kier alpha value is -1.06. The first kappa shape index (κ1) is 12.9. The molecule has 3 nitrogen and oxygen atoms in total. The van der Waals surface area contributed by atoms with Crippen molar-refractivity contribution in [2.75, 3.05) is 6.54 Å². The Morgan fingerprint density at radius 2 is 2.05 bits per heavy atom. The maximum atomic E-state index is 12.6. The molecule has 3 aliphatic heterocycles. The standard InChI is InChI=1S/C15H19ClN2O/c1-2-14-8-9-15(16,17-11-14)13(19)18(14)10-12-6-4-3-5-7-12/h3-7,17H,2,8-11H2,1H3. The lowest BCUT2D eigenvalue weighted by Crippen LogP contribution is -2.75. The number of benzene rings is 1. The molecule has 1 aromatic carbocycles. The average Bonchev–Trinajstić information content (AvgIpc) is 2.45. The third-order valence-electron chi connectivity index (χ3n) is 4.63. The van der Waals surface area contributed by atoms with Gasteiger partial charge in [-0.2, -0.15) is 0 Å². The minimum Gasteiger partial charge on any atom is -0.329 e. The van der Waals surface area contributed by atoms with E-state index in [0.29, 0.717) is 6.54 Å². The molecule has 2 atom stereocenters. The number of piperidine rings is 2. The molecule has 3 heterocycles. The van der Waals surface area contributed by atoms with Crippen LogP contribution in [0.2, 0.25) is 0 Å². The lowest BCUT2D eigenvalue weighted by molar-refractivity contribution is -0.155. The van der Waals surface area contributed by atoms with Crippen molar-refractivity contribution in [3.05, 3.63) is 35.9 Å². The quantitative estimate of drug-likeness (QED) is 0.681. The predicted molar refractivity (Wildman–Crippen MR) is 75.8 cm³/mol. The number of amides is 1. The van der Waals surface area contributed by atoms with Crippen LogP contribution in [0.3, 0.4) is 0 Å². The Labute approximate surface area is 118 Å². The van der Waals surface area contributed by atoms with E-state index in [2.05, 4.69) is 24.4 Å². The van der Waals surface area contributed by atoms with Crippen LogP contribution in [-0.4, -0.2) is 27.9 Å². The molecule has 0 saturated carbocycles. The van der Waals surface area contributed by atoms with Crippen molar-refractivity contribution in [1.82, 2.24) is 10.2 Å². The Kier molecular flexibility index (Phi) is 3.06. The fourth-order valence-corrected chi connectivity index (χ4v) is 3.49. The van der Waals surface area contributed by atoms with Crippen molar-refractivity contribution in [1.29, 1.82) is 0 Å². The molecule has 1 N–H and O–H groups in total. The number of alkyl halides is 1. The van der Waals surface area contributed by atoms with Gasteiger partial charge < -0.3 is 4.90 Å². The summed E-state index contributed by atoms with van der Waals surface area (Å²) in [6, 6.07) is 10.1. The van der Waals surface area contributed by atoms with E-state index >= 15 is 0 Å². The molecule has 2 bridgehead atoms. The summed E-state index contributed by atoms with van der Waals surface area (Å²) in [5, 5.41) is 3.23. The molecule has 19 heavy (non-hydrogen) atoms. The topological polar surface area (TPSA) is 32.3 Å². The fourth-order valence-electron chi connectivity index (χ4n) is 3.23. The van der Waals surface area contributed by atoms with E-state index in [1.54, 1.807) is 0 Å². The van der Waals surface area contributed by atoms with Crippen molar-refractivity contribution in [3.8, 4) is 0 Å². The highest BCUT2D eigenvalue weighted by Crippen LogP contribution is 2.43. The average molecular weight is 279 g/mol. The van der Waals surface area contributed by atoms with Crippen LogP contribution in [0.4, 0.5) is 0 Å². The van der Waals surface area contributed by atoms with Gasteiger partial charge in [0.1, 0.15) is 0 Å². The zero-order chi connectivity index (χ0) is 13.5. The van der Waals surface area contributed by atoms with Crippen LogP contribution >= 0.6 is 11.6 Å². The molecule has 4 rings (SSSR count). The summed E-state index contributed by atoms with van der Waals surface area (Å²) < 4.78 is 0. The van der Waals surface area contributed by atoms with Crippen molar-refractivity contribution in [3.63, 3.8) is 0 Å². The molecule has 3 fully saturated rings. The van der Waals surface area contributed by atoms with Gasteiger partial charge in [0, 0.05) is 13.1 Å². The summed E-state index contributed by atoms with van der Waals surface area (Å²) in [5.41, 5.74) is 1.10. The van der Waals surface area contributed by atoms with E-state index in [1.807, 2.05) is 23.1 Å². The summed E-state index contributed by atoms with van der Waals surface area (Å²) in [7, 11) is 0.